The fourth-order valence-corrected chi connectivity index (χ4v) is 2.35. The topological polar surface area (TPSA) is 74.7 Å². The Bertz CT molecular complexity index is 538. The van der Waals surface area contributed by atoms with Crippen molar-refractivity contribution in [1.29, 1.82) is 0 Å². The minimum Gasteiger partial charge on any atom is -0.481 e. The summed E-state index contributed by atoms with van der Waals surface area (Å²) in [6.45, 7) is 1.85. The summed E-state index contributed by atoms with van der Waals surface area (Å²) in [5.41, 5.74) is 1.81. The highest BCUT2D eigenvalue weighted by Crippen LogP contribution is 2.31. The van der Waals surface area contributed by atoms with Crippen LogP contribution < -0.4 is 0 Å². The quantitative estimate of drug-likeness (QED) is 0.829. The number of amides is 2. The molecule has 0 radical (unpaired) electrons. The first-order valence-electron chi connectivity index (χ1n) is 6.12. The van der Waals surface area contributed by atoms with Crippen LogP contribution >= 0.6 is 0 Å². The van der Waals surface area contributed by atoms with E-state index in [1.165, 1.54) is 0 Å². The number of imide groups is 1. The van der Waals surface area contributed by atoms with Crippen molar-refractivity contribution in [3.63, 3.8) is 0 Å². The van der Waals surface area contributed by atoms with Gasteiger partial charge in [0.05, 0.1) is 12.3 Å². The number of aliphatic carboxylic acids is 1. The average Bonchev–Trinajstić information content (AvgIpc) is 2.63. The Labute approximate surface area is 110 Å². The van der Waals surface area contributed by atoms with E-state index in [9.17, 15) is 14.4 Å². The molecular formula is C14H15NO4. The molecule has 0 aliphatic carbocycles. The summed E-state index contributed by atoms with van der Waals surface area (Å²) >= 11 is 0. The predicted molar refractivity (Wildman–Crippen MR) is 67.5 cm³/mol. The van der Waals surface area contributed by atoms with Gasteiger partial charge in [-0.05, 0) is 18.1 Å². The fourth-order valence-electron chi connectivity index (χ4n) is 2.35. The summed E-state index contributed by atoms with van der Waals surface area (Å²) in [5.74, 6) is -2.07. The lowest BCUT2D eigenvalue weighted by atomic mass is 9.93. The largest absolute Gasteiger partial charge is 0.481 e. The number of benzene rings is 1. The summed E-state index contributed by atoms with van der Waals surface area (Å²) in [4.78, 5) is 35.6. The Hall–Kier alpha value is -2.17. The Morgan fingerprint density at radius 1 is 1.37 bits per heavy atom. The molecule has 1 heterocycles. The van der Waals surface area contributed by atoms with Crippen molar-refractivity contribution in [3.8, 4) is 0 Å². The second kappa shape index (κ2) is 5.22. The lowest BCUT2D eigenvalue weighted by Gasteiger charge is -2.14. The monoisotopic (exact) mass is 261 g/mol. The number of carboxylic acids is 1. The van der Waals surface area contributed by atoms with E-state index in [-0.39, 0.29) is 31.2 Å². The van der Waals surface area contributed by atoms with Crippen LogP contribution in [-0.4, -0.2) is 34.3 Å². The lowest BCUT2D eigenvalue weighted by Crippen LogP contribution is -2.32. The highest BCUT2D eigenvalue weighted by molar-refractivity contribution is 6.06. The summed E-state index contributed by atoms with van der Waals surface area (Å²) in [7, 11) is 0. The molecule has 1 saturated heterocycles. The summed E-state index contributed by atoms with van der Waals surface area (Å²) in [5, 5.41) is 8.62. The van der Waals surface area contributed by atoms with Gasteiger partial charge in [0.15, 0.2) is 0 Å². The SMILES string of the molecule is Cc1ccccc1C1CC(=O)N(CCC(=O)O)C1=O. The first-order valence-corrected chi connectivity index (χ1v) is 6.12. The summed E-state index contributed by atoms with van der Waals surface area (Å²) < 4.78 is 0. The van der Waals surface area contributed by atoms with Crippen molar-refractivity contribution < 1.29 is 19.5 Å². The maximum Gasteiger partial charge on any atom is 0.305 e. The molecule has 0 saturated carbocycles. The number of hydrogen-bond donors (Lipinski definition) is 1. The maximum atomic E-state index is 12.2. The number of likely N-dealkylation sites (tertiary alicyclic amines) is 1. The molecule has 5 heteroatoms. The molecule has 0 bridgehead atoms. The highest BCUT2D eigenvalue weighted by Gasteiger charge is 2.39. The Kier molecular flexibility index (Phi) is 3.64. The van der Waals surface area contributed by atoms with E-state index < -0.39 is 11.9 Å². The average molecular weight is 261 g/mol. The van der Waals surface area contributed by atoms with Gasteiger partial charge >= 0.3 is 5.97 Å². The Balaban J connectivity index is 2.18. The van der Waals surface area contributed by atoms with Crippen molar-refractivity contribution in [2.45, 2.75) is 25.7 Å². The third-order valence-electron chi connectivity index (χ3n) is 3.36. The Morgan fingerprint density at radius 3 is 2.68 bits per heavy atom. The molecule has 1 aromatic rings. The van der Waals surface area contributed by atoms with E-state index in [4.69, 9.17) is 5.11 Å². The number of carboxylic acid groups (broad SMARTS) is 1. The van der Waals surface area contributed by atoms with Crippen LogP contribution in [0.5, 0.6) is 0 Å². The van der Waals surface area contributed by atoms with Gasteiger partial charge in [0.25, 0.3) is 0 Å². The van der Waals surface area contributed by atoms with Crippen LogP contribution in [0.2, 0.25) is 0 Å². The number of rotatable bonds is 4. The molecule has 2 rings (SSSR count). The van der Waals surface area contributed by atoms with E-state index in [2.05, 4.69) is 0 Å². The molecule has 1 unspecified atom stereocenters. The molecule has 5 nitrogen and oxygen atoms in total. The van der Waals surface area contributed by atoms with Crippen LogP contribution in [-0.2, 0) is 14.4 Å². The van der Waals surface area contributed by atoms with Gasteiger partial charge in [-0.3, -0.25) is 19.3 Å². The molecule has 1 N–H and O–H groups in total. The van der Waals surface area contributed by atoms with Gasteiger partial charge in [-0.15, -0.1) is 0 Å². The molecule has 0 spiro atoms. The summed E-state index contributed by atoms with van der Waals surface area (Å²) in [6.07, 6.45) is -0.0821. The van der Waals surface area contributed by atoms with Gasteiger partial charge in [0.1, 0.15) is 0 Å². The first-order chi connectivity index (χ1) is 9.00. The zero-order valence-corrected chi connectivity index (χ0v) is 10.6. The van der Waals surface area contributed by atoms with E-state index in [1.807, 2.05) is 31.2 Å². The zero-order valence-electron chi connectivity index (χ0n) is 10.6. The van der Waals surface area contributed by atoms with Gasteiger partial charge in [-0.2, -0.15) is 0 Å². The van der Waals surface area contributed by atoms with Gasteiger partial charge in [0.2, 0.25) is 11.8 Å². The molecular weight excluding hydrogens is 246 g/mol. The number of nitrogens with zero attached hydrogens (tertiary/aromatic N) is 1. The highest BCUT2D eigenvalue weighted by atomic mass is 16.4. The zero-order chi connectivity index (χ0) is 14.0. The standard InChI is InChI=1S/C14H15NO4/c1-9-4-2-3-5-10(9)11-8-12(16)15(14(11)19)7-6-13(17)18/h2-5,11H,6-8H2,1H3,(H,17,18). The van der Waals surface area contributed by atoms with Gasteiger partial charge < -0.3 is 5.11 Å². The smallest absolute Gasteiger partial charge is 0.305 e. The third kappa shape index (κ3) is 2.65. The molecule has 19 heavy (non-hydrogen) atoms. The number of aryl methyl sites for hydroxylation is 1. The minimum absolute atomic E-state index is 0.0462. The molecule has 1 atom stereocenters. The van der Waals surface area contributed by atoms with Crippen molar-refractivity contribution in [2.24, 2.45) is 0 Å². The molecule has 1 aliphatic heterocycles. The van der Waals surface area contributed by atoms with Crippen LogP contribution in [0.3, 0.4) is 0 Å². The lowest BCUT2D eigenvalue weighted by molar-refractivity contribution is -0.141. The number of carbonyl (C=O) groups excluding carboxylic acids is 2. The van der Waals surface area contributed by atoms with Crippen LogP contribution in [0.25, 0.3) is 0 Å². The van der Waals surface area contributed by atoms with Gasteiger partial charge in [-0.1, -0.05) is 24.3 Å². The van der Waals surface area contributed by atoms with Crippen LogP contribution in [0.4, 0.5) is 0 Å². The number of carbonyl (C=O) groups is 3. The van der Waals surface area contributed by atoms with Crippen molar-refractivity contribution >= 4 is 17.8 Å². The molecule has 0 aromatic heterocycles. The van der Waals surface area contributed by atoms with Crippen LogP contribution in [0.1, 0.15) is 29.9 Å². The van der Waals surface area contributed by atoms with Crippen LogP contribution in [0.15, 0.2) is 24.3 Å². The van der Waals surface area contributed by atoms with Gasteiger partial charge in [-0.25, -0.2) is 0 Å². The van der Waals surface area contributed by atoms with Crippen molar-refractivity contribution in [1.82, 2.24) is 4.90 Å². The summed E-state index contributed by atoms with van der Waals surface area (Å²) in [6, 6.07) is 7.45. The van der Waals surface area contributed by atoms with E-state index in [0.717, 1.165) is 16.0 Å². The van der Waals surface area contributed by atoms with Gasteiger partial charge in [0, 0.05) is 13.0 Å². The van der Waals surface area contributed by atoms with E-state index >= 15 is 0 Å². The van der Waals surface area contributed by atoms with Crippen LogP contribution in [0, 0.1) is 6.92 Å². The fraction of sp³-hybridized carbons (Fsp3) is 0.357. The second-order valence-electron chi connectivity index (χ2n) is 4.64. The molecule has 1 aliphatic rings. The normalized spacial score (nSPS) is 19.0. The van der Waals surface area contributed by atoms with Crippen molar-refractivity contribution in [2.75, 3.05) is 6.54 Å². The predicted octanol–water partition coefficient (Wildman–Crippen LogP) is 1.31. The molecule has 2 amide bonds. The second-order valence-corrected chi connectivity index (χ2v) is 4.64. The molecule has 1 fully saturated rings. The van der Waals surface area contributed by atoms with E-state index in [1.54, 1.807) is 0 Å². The number of hydrogen-bond acceptors (Lipinski definition) is 3. The first kappa shape index (κ1) is 13.3. The minimum atomic E-state index is -1.01. The Morgan fingerprint density at radius 2 is 2.05 bits per heavy atom. The molecule has 100 valence electrons. The third-order valence-corrected chi connectivity index (χ3v) is 3.36. The van der Waals surface area contributed by atoms with E-state index in [0.29, 0.717) is 0 Å². The van der Waals surface area contributed by atoms with Crippen molar-refractivity contribution in [3.05, 3.63) is 35.4 Å². The maximum absolute atomic E-state index is 12.2. The molecule has 1 aromatic carbocycles.